The predicted octanol–water partition coefficient (Wildman–Crippen LogP) is 3.50. The van der Waals surface area contributed by atoms with Crippen molar-refractivity contribution in [3.05, 3.63) is 46.7 Å². The molecule has 3 nitrogen and oxygen atoms in total. The molecule has 0 radical (unpaired) electrons. The van der Waals surface area contributed by atoms with Crippen molar-refractivity contribution in [1.29, 1.82) is 0 Å². The molecular formula is C14H18ClN3. The maximum absolute atomic E-state index is 6.08. The average Bonchev–Trinajstić information content (AvgIpc) is 2.72. The number of benzene rings is 1. The standard InChI is InChI=1S/C14H18ClN3/c1-4-13(16-3)11-7-5-6-8-14(11)18-9-12(15)10(2)17-18/h5-9,13,16H,4H2,1-3H3. The number of aromatic nitrogens is 2. The van der Waals surface area contributed by atoms with Gasteiger partial charge in [0.25, 0.3) is 0 Å². The normalized spacial score (nSPS) is 12.7. The van der Waals surface area contributed by atoms with Gasteiger partial charge in [-0.3, -0.25) is 0 Å². The van der Waals surface area contributed by atoms with Gasteiger partial charge in [0, 0.05) is 12.2 Å². The second kappa shape index (κ2) is 5.55. The van der Waals surface area contributed by atoms with Crippen LogP contribution in [0.1, 0.15) is 30.6 Å². The topological polar surface area (TPSA) is 29.9 Å². The molecule has 1 unspecified atom stereocenters. The molecule has 0 saturated heterocycles. The first-order valence-corrected chi connectivity index (χ1v) is 6.53. The van der Waals surface area contributed by atoms with Crippen molar-refractivity contribution < 1.29 is 0 Å². The van der Waals surface area contributed by atoms with Crippen LogP contribution in [0, 0.1) is 6.92 Å². The number of aryl methyl sites for hydroxylation is 1. The van der Waals surface area contributed by atoms with Crippen LogP contribution in [0.25, 0.3) is 5.69 Å². The zero-order valence-electron chi connectivity index (χ0n) is 10.9. The van der Waals surface area contributed by atoms with E-state index in [9.17, 15) is 0 Å². The first kappa shape index (κ1) is 13.1. The van der Waals surface area contributed by atoms with Crippen LogP contribution in [-0.2, 0) is 0 Å². The van der Waals surface area contributed by atoms with Gasteiger partial charge in [0.2, 0.25) is 0 Å². The van der Waals surface area contributed by atoms with Gasteiger partial charge in [0.05, 0.1) is 16.4 Å². The Hall–Kier alpha value is -1.32. The van der Waals surface area contributed by atoms with E-state index in [1.54, 1.807) is 0 Å². The van der Waals surface area contributed by atoms with Crippen LogP contribution in [0.2, 0.25) is 5.02 Å². The van der Waals surface area contributed by atoms with E-state index in [0.29, 0.717) is 11.1 Å². The highest BCUT2D eigenvalue weighted by atomic mass is 35.5. The Bertz CT molecular complexity index is 510. The molecule has 1 atom stereocenters. The first-order valence-electron chi connectivity index (χ1n) is 6.15. The van der Waals surface area contributed by atoms with Crippen molar-refractivity contribution in [3.8, 4) is 5.69 Å². The van der Waals surface area contributed by atoms with Crippen LogP contribution in [-0.4, -0.2) is 16.8 Å². The highest BCUT2D eigenvalue weighted by Gasteiger charge is 2.13. The zero-order chi connectivity index (χ0) is 13.1. The van der Waals surface area contributed by atoms with Gasteiger partial charge in [-0.15, -0.1) is 0 Å². The lowest BCUT2D eigenvalue weighted by molar-refractivity contribution is 0.572. The van der Waals surface area contributed by atoms with Gasteiger partial charge in [-0.1, -0.05) is 36.7 Å². The third-order valence-electron chi connectivity index (χ3n) is 3.15. The minimum absolute atomic E-state index is 0.324. The molecule has 1 aromatic carbocycles. The minimum atomic E-state index is 0.324. The molecule has 0 spiro atoms. The van der Waals surface area contributed by atoms with Crippen LogP contribution in [0.15, 0.2) is 30.5 Å². The van der Waals surface area contributed by atoms with Crippen molar-refractivity contribution in [1.82, 2.24) is 15.1 Å². The minimum Gasteiger partial charge on any atom is -0.313 e. The molecule has 0 bridgehead atoms. The van der Waals surface area contributed by atoms with Gasteiger partial charge in [-0.05, 0) is 32.0 Å². The molecule has 0 aliphatic heterocycles. The summed E-state index contributed by atoms with van der Waals surface area (Å²) in [5.41, 5.74) is 3.17. The fourth-order valence-corrected chi connectivity index (χ4v) is 2.26. The fraction of sp³-hybridized carbons (Fsp3) is 0.357. The highest BCUT2D eigenvalue weighted by Crippen LogP contribution is 2.25. The Morgan fingerprint density at radius 1 is 1.39 bits per heavy atom. The van der Waals surface area contributed by atoms with Gasteiger partial charge in [0.1, 0.15) is 0 Å². The van der Waals surface area contributed by atoms with Crippen LogP contribution in [0.5, 0.6) is 0 Å². The lowest BCUT2D eigenvalue weighted by Crippen LogP contribution is -2.17. The van der Waals surface area contributed by atoms with Crippen molar-refractivity contribution in [2.75, 3.05) is 7.05 Å². The van der Waals surface area contributed by atoms with Gasteiger partial charge in [-0.25, -0.2) is 4.68 Å². The molecule has 96 valence electrons. The van der Waals surface area contributed by atoms with Gasteiger partial charge >= 0.3 is 0 Å². The van der Waals surface area contributed by atoms with Crippen molar-refractivity contribution >= 4 is 11.6 Å². The summed E-state index contributed by atoms with van der Waals surface area (Å²) >= 11 is 6.08. The monoisotopic (exact) mass is 263 g/mol. The smallest absolute Gasteiger partial charge is 0.0819 e. The lowest BCUT2D eigenvalue weighted by atomic mass is 10.0. The summed E-state index contributed by atoms with van der Waals surface area (Å²) < 4.78 is 1.85. The number of para-hydroxylation sites is 1. The molecule has 18 heavy (non-hydrogen) atoms. The number of hydrogen-bond donors (Lipinski definition) is 1. The first-order chi connectivity index (χ1) is 8.67. The summed E-state index contributed by atoms with van der Waals surface area (Å²) in [6, 6.07) is 8.59. The summed E-state index contributed by atoms with van der Waals surface area (Å²) in [5.74, 6) is 0. The summed E-state index contributed by atoms with van der Waals surface area (Å²) in [5, 5.41) is 8.47. The average molecular weight is 264 g/mol. The molecule has 0 aliphatic rings. The maximum Gasteiger partial charge on any atom is 0.0819 e. The van der Waals surface area contributed by atoms with E-state index in [4.69, 9.17) is 11.6 Å². The van der Waals surface area contributed by atoms with Gasteiger partial charge in [0.15, 0.2) is 0 Å². The molecular weight excluding hydrogens is 246 g/mol. The van der Waals surface area contributed by atoms with E-state index >= 15 is 0 Å². The number of hydrogen-bond acceptors (Lipinski definition) is 2. The maximum atomic E-state index is 6.08. The van der Waals surface area contributed by atoms with Gasteiger partial charge in [-0.2, -0.15) is 5.10 Å². The Kier molecular flexibility index (Phi) is 4.04. The zero-order valence-corrected chi connectivity index (χ0v) is 11.7. The molecule has 1 heterocycles. The Balaban J connectivity index is 2.50. The fourth-order valence-electron chi connectivity index (χ4n) is 2.13. The van der Waals surface area contributed by atoms with Crippen LogP contribution in [0.4, 0.5) is 0 Å². The third-order valence-corrected chi connectivity index (χ3v) is 3.53. The number of nitrogens with one attached hydrogen (secondary N) is 1. The van der Waals surface area contributed by atoms with E-state index < -0.39 is 0 Å². The van der Waals surface area contributed by atoms with Gasteiger partial charge < -0.3 is 5.32 Å². The molecule has 2 rings (SSSR count). The highest BCUT2D eigenvalue weighted by molar-refractivity contribution is 6.31. The SMILES string of the molecule is CCC(NC)c1ccccc1-n1cc(Cl)c(C)n1. The van der Waals surface area contributed by atoms with E-state index in [0.717, 1.165) is 17.8 Å². The summed E-state index contributed by atoms with van der Waals surface area (Å²) in [7, 11) is 1.98. The summed E-state index contributed by atoms with van der Waals surface area (Å²) in [6.07, 6.45) is 2.89. The summed E-state index contributed by atoms with van der Waals surface area (Å²) in [6.45, 7) is 4.08. The van der Waals surface area contributed by atoms with Crippen molar-refractivity contribution in [2.45, 2.75) is 26.3 Å². The Morgan fingerprint density at radius 2 is 2.11 bits per heavy atom. The van der Waals surface area contributed by atoms with Crippen LogP contribution >= 0.6 is 11.6 Å². The molecule has 2 aromatic rings. The second-order valence-electron chi connectivity index (χ2n) is 4.32. The number of nitrogens with zero attached hydrogens (tertiary/aromatic N) is 2. The molecule has 0 saturated carbocycles. The van der Waals surface area contributed by atoms with Crippen LogP contribution < -0.4 is 5.32 Å². The number of rotatable bonds is 4. The van der Waals surface area contributed by atoms with Crippen molar-refractivity contribution in [3.63, 3.8) is 0 Å². The van der Waals surface area contributed by atoms with Crippen LogP contribution in [0.3, 0.4) is 0 Å². The number of halogens is 1. The molecule has 0 fully saturated rings. The lowest BCUT2D eigenvalue weighted by Gasteiger charge is -2.18. The predicted molar refractivity (Wildman–Crippen MR) is 75.4 cm³/mol. The quantitative estimate of drug-likeness (QED) is 0.915. The molecule has 4 heteroatoms. The second-order valence-corrected chi connectivity index (χ2v) is 4.72. The van der Waals surface area contributed by atoms with E-state index in [-0.39, 0.29) is 0 Å². The molecule has 1 N–H and O–H groups in total. The Labute approximate surface area is 113 Å². The summed E-state index contributed by atoms with van der Waals surface area (Å²) in [4.78, 5) is 0. The molecule has 1 aromatic heterocycles. The third kappa shape index (κ3) is 2.42. The van der Waals surface area contributed by atoms with E-state index in [1.807, 2.05) is 30.9 Å². The van der Waals surface area contributed by atoms with E-state index in [1.165, 1.54) is 5.56 Å². The Morgan fingerprint density at radius 3 is 2.67 bits per heavy atom. The molecule has 0 aliphatic carbocycles. The van der Waals surface area contributed by atoms with Crippen molar-refractivity contribution in [2.24, 2.45) is 0 Å². The molecule has 0 amide bonds. The largest absolute Gasteiger partial charge is 0.313 e. The van der Waals surface area contributed by atoms with E-state index in [2.05, 4.69) is 35.5 Å².